The molecule has 1 heterocycles. The van der Waals surface area contributed by atoms with Crippen LogP contribution < -0.4 is 0 Å². The van der Waals surface area contributed by atoms with Crippen LogP contribution in [0.3, 0.4) is 0 Å². The molecule has 2 N–H and O–H groups in total. The molecule has 6 nitrogen and oxygen atoms in total. The zero-order valence-corrected chi connectivity index (χ0v) is 10.5. The minimum Gasteiger partial charge on any atom is -0.395 e. The van der Waals surface area contributed by atoms with Gasteiger partial charge in [-0.1, -0.05) is 11.3 Å². The zero-order valence-electron chi connectivity index (χ0n) is 10.5. The lowest BCUT2D eigenvalue weighted by Gasteiger charge is -2.19. The normalized spacial score (nSPS) is 11.6. The summed E-state index contributed by atoms with van der Waals surface area (Å²) in [6.07, 6.45) is 0. The number of benzene rings is 1. The van der Waals surface area contributed by atoms with Crippen molar-refractivity contribution < 1.29 is 10.2 Å². The lowest BCUT2D eigenvalue weighted by molar-refractivity contribution is 0.130. The van der Waals surface area contributed by atoms with E-state index in [2.05, 4.69) is 10.3 Å². The molecule has 0 amide bonds. The Labute approximate surface area is 105 Å². The predicted molar refractivity (Wildman–Crippen MR) is 68.0 cm³/mol. The molecule has 0 aliphatic carbocycles. The van der Waals surface area contributed by atoms with E-state index in [0.29, 0.717) is 19.8 Å². The fourth-order valence-electron chi connectivity index (χ4n) is 1.91. The van der Waals surface area contributed by atoms with E-state index in [0.717, 1.165) is 16.6 Å². The molecule has 0 aliphatic heterocycles. The third-order valence-electron chi connectivity index (χ3n) is 2.84. The summed E-state index contributed by atoms with van der Waals surface area (Å²) < 4.78 is 1.78. The summed E-state index contributed by atoms with van der Waals surface area (Å²) >= 11 is 0. The van der Waals surface area contributed by atoms with Crippen LogP contribution in [0.2, 0.25) is 0 Å². The molecule has 1 aromatic heterocycles. The molecule has 2 aromatic rings. The molecule has 0 unspecified atom stereocenters. The summed E-state index contributed by atoms with van der Waals surface area (Å²) in [6, 6.07) is 5.99. The Morgan fingerprint density at radius 1 is 1.22 bits per heavy atom. The van der Waals surface area contributed by atoms with E-state index in [1.54, 1.807) is 4.68 Å². The Morgan fingerprint density at radius 2 is 1.94 bits per heavy atom. The first-order chi connectivity index (χ1) is 8.74. The van der Waals surface area contributed by atoms with Gasteiger partial charge >= 0.3 is 0 Å². The Balaban J connectivity index is 2.19. The molecular formula is C12H18N4O2. The van der Waals surface area contributed by atoms with E-state index in [9.17, 15) is 0 Å². The maximum absolute atomic E-state index is 8.97. The van der Waals surface area contributed by atoms with Crippen LogP contribution in [0.25, 0.3) is 11.0 Å². The van der Waals surface area contributed by atoms with Crippen molar-refractivity contribution in [3.63, 3.8) is 0 Å². The lowest BCUT2D eigenvalue weighted by Crippen LogP contribution is -2.32. The average Bonchev–Trinajstić information content (AvgIpc) is 2.72. The molecule has 18 heavy (non-hydrogen) atoms. The number of aliphatic hydroxyl groups is 2. The standard InChI is InChI=1S/C12H18N4O2/c1-10-2-3-12-11(8-10)13-14-16(12)9-15(4-6-17)5-7-18/h2-3,8,17-18H,4-7,9H2,1H3. The lowest BCUT2D eigenvalue weighted by atomic mass is 10.2. The molecule has 0 bridgehead atoms. The highest BCUT2D eigenvalue weighted by Crippen LogP contribution is 2.13. The van der Waals surface area contributed by atoms with Gasteiger partial charge in [0.15, 0.2) is 0 Å². The van der Waals surface area contributed by atoms with Crippen molar-refractivity contribution in [1.82, 2.24) is 19.9 Å². The summed E-state index contributed by atoms with van der Waals surface area (Å²) in [5, 5.41) is 26.2. The highest BCUT2D eigenvalue weighted by atomic mass is 16.3. The van der Waals surface area contributed by atoms with Crippen LogP contribution >= 0.6 is 0 Å². The Bertz CT molecular complexity index is 506. The molecule has 6 heteroatoms. The van der Waals surface area contributed by atoms with Gasteiger partial charge in [0, 0.05) is 13.1 Å². The summed E-state index contributed by atoms with van der Waals surface area (Å²) in [7, 11) is 0. The molecule has 0 atom stereocenters. The third kappa shape index (κ3) is 2.84. The van der Waals surface area contributed by atoms with Crippen molar-refractivity contribution in [3.8, 4) is 0 Å². The molecule has 1 aromatic carbocycles. The van der Waals surface area contributed by atoms with Gasteiger partial charge in [0.2, 0.25) is 0 Å². The Kier molecular flexibility index (Phi) is 4.24. The van der Waals surface area contributed by atoms with Crippen LogP contribution in [0.15, 0.2) is 18.2 Å². The second-order valence-corrected chi connectivity index (χ2v) is 4.29. The van der Waals surface area contributed by atoms with Crippen LogP contribution in [-0.2, 0) is 6.67 Å². The van der Waals surface area contributed by atoms with Gasteiger partial charge in [-0.2, -0.15) is 0 Å². The molecule has 98 valence electrons. The van der Waals surface area contributed by atoms with Crippen molar-refractivity contribution in [2.75, 3.05) is 26.3 Å². The van der Waals surface area contributed by atoms with Crippen LogP contribution in [0.4, 0.5) is 0 Å². The third-order valence-corrected chi connectivity index (χ3v) is 2.84. The number of hydrogen-bond acceptors (Lipinski definition) is 5. The Morgan fingerprint density at radius 3 is 2.61 bits per heavy atom. The Hall–Kier alpha value is -1.50. The second-order valence-electron chi connectivity index (χ2n) is 4.29. The number of rotatable bonds is 6. The minimum absolute atomic E-state index is 0.0612. The van der Waals surface area contributed by atoms with E-state index >= 15 is 0 Å². The summed E-state index contributed by atoms with van der Waals surface area (Å²) in [6.45, 7) is 3.67. The molecule has 2 rings (SSSR count). The van der Waals surface area contributed by atoms with Crippen LogP contribution in [-0.4, -0.2) is 56.4 Å². The van der Waals surface area contributed by atoms with Gasteiger partial charge in [0.1, 0.15) is 5.52 Å². The van der Waals surface area contributed by atoms with Gasteiger partial charge in [-0.15, -0.1) is 5.10 Å². The second kappa shape index (κ2) is 5.90. The highest BCUT2D eigenvalue weighted by Gasteiger charge is 2.09. The van der Waals surface area contributed by atoms with Gasteiger partial charge in [-0.3, -0.25) is 4.90 Å². The maximum atomic E-state index is 8.97. The summed E-state index contributed by atoms with van der Waals surface area (Å²) in [4.78, 5) is 1.92. The van der Waals surface area contributed by atoms with E-state index in [-0.39, 0.29) is 13.2 Å². The summed E-state index contributed by atoms with van der Waals surface area (Å²) in [5.41, 5.74) is 2.97. The van der Waals surface area contributed by atoms with E-state index in [4.69, 9.17) is 10.2 Å². The first-order valence-electron chi connectivity index (χ1n) is 5.98. The zero-order chi connectivity index (χ0) is 13.0. The number of aryl methyl sites for hydroxylation is 1. The average molecular weight is 250 g/mol. The molecule has 0 spiro atoms. The van der Waals surface area contributed by atoms with Crippen molar-refractivity contribution in [2.45, 2.75) is 13.6 Å². The van der Waals surface area contributed by atoms with Gasteiger partial charge in [0.25, 0.3) is 0 Å². The van der Waals surface area contributed by atoms with Crippen molar-refractivity contribution in [1.29, 1.82) is 0 Å². The first kappa shape index (κ1) is 12.9. The maximum Gasteiger partial charge on any atom is 0.113 e. The fourth-order valence-corrected chi connectivity index (χ4v) is 1.91. The van der Waals surface area contributed by atoms with E-state index < -0.39 is 0 Å². The number of aliphatic hydroxyl groups excluding tert-OH is 2. The molecule has 0 saturated carbocycles. The molecular weight excluding hydrogens is 232 g/mol. The topological polar surface area (TPSA) is 74.4 Å². The number of hydrogen-bond donors (Lipinski definition) is 2. The van der Waals surface area contributed by atoms with Gasteiger partial charge < -0.3 is 10.2 Å². The van der Waals surface area contributed by atoms with Crippen molar-refractivity contribution >= 4 is 11.0 Å². The SMILES string of the molecule is Cc1ccc2c(c1)nnn2CN(CCO)CCO. The van der Waals surface area contributed by atoms with E-state index in [1.807, 2.05) is 30.0 Å². The van der Waals surface area contributed by atoms with Crippen LogP contribution in [0.5, 0.6) is 0 Å². The quantitative estimate of drug-likeness (QED) is 0.754. The largest absolute Gasteiger partial charge is 0.395 e. The van der Waals surface area contributed by atoms with Gasteiger partial charge in [0.05, 0.1) is 25.4 Å². The highest BCUT2D eigenvalue weighted by molar-refractivity contribution is 5.74. The number of nitrogens with zero attached hydrogens (tertiary/aromatic N) is 4. The summed E-state index contributed by atoms with van der Waals surface area (Å²) in [5.74, 6) is 0. The number of aromatic nitrogens is 3. The van der Waals surface area contributed by atoms with Crippen LogP contribution in [0, 0.1) is 6.92 Å². The molecule has 0 radical (unpaired) electrons. The first-order valence-corrected chi connectivity index (χ1v) is 5.98. The van der Waals surface area contributed by atoms with Crippen molar-refractivity contribution in [3.05, 3.63) is 23.8 Å². The van der Waals surface area contributed by atoms with Crippen LogP contribution in [0.1, 0.15) is 5.56 Å². The molecule has 0 saturated heterocycles. The van der Waals surface area contributed by atoms with E-state index in [1.165, 1.54) is 0 Å². The molecule has 0 aliphatic rings. The van der Waals surface area contributed by atoms with Gasteiger partial charge in [-0.25, -0.2) is 4.68 Å². The smallest absolute Gasteiger partial charge is 0.113 e. The minimum atomic E-state index is 0.0612. The van der Waals surface area contributed by atoms with Gasteiger partial charge in [-0.05, 0) is 24.6 Å². The molecule has 0 fully saturated rings. The number of fused-ring (bicyclic) bond motifs is 1. The predicted octanol–water partition coefficient (Wildman–Crippen LogP) is -0.0162. The monoisotopic (exact) mass is 250 g/mol. The van der Waals surface area contributed by atoms with Crippen molar-refractivity contribution in [2.24, 2.45) is 0 Å². The fraction of sp³-hybridized carbons (Fsp3) is 0.500.